The third kappa shape index (κ3) is 6.22. The number of fused-ring (bicyclic) bond motifs is 1. The highest BCUT2D eigenvalue weighted by atomic mass is 127. The molecule has 170 valence electrons. The van der Waals surface area contributed by atoms with Gasteiger partial charge in [-0.2, -0.15) is 0 Å². The minimum atomic E-state index is -1.13. The number of benzene rings is 1. The van der Waals surface area contributed by atoms with E-state index in [0.717, 1.165) is 29.9 Å². The summed E-state index contributed by atoms with van der Waals surface area (Å²) < 4.78 is 5.55. The Kier molecular flexibility index (Phi) is 8.93. The number of aliphatic imine (C=N–C) groups is 1. The summed E-state index contributed by atoms with van der Waals surface area (Å²) >= 11 is 0. The van der Waals surface area contributed by atoms with E-state index >= 15 is 0 Å². The number of furan rings is 1. The van der Waals surface area contributed by atoms with Gasteiger partial charge in [0.2, 0.25) is 5.91 Å². The Hall–Kier alpha value is -2.07. The number of aliphatic hydroxyl groups is 1. The number of rotatable bonds is 6. The Morgan fingerprint density at radius 3 is 2.71 bits per heavy atom. The van der Waals surface area contributed by atoms with Crippen LogP contribution in [0.15, 0.2) is 39.7 Å². The molecule has 1 atom stereocenters. The van der Waals surface area contributed by atoms with Crippen molar-refractivity contribution in [2.45, 2.75) is 46.1 Å². The first kappa shape index (κ1) is 25.2. The second kappa shape index (κ2) is 11.0. The monoisotopic (exact) mass is 540 g/mol. The van der Waals surface area contributed by atoms with Crippen LogP contribution in [0, 0.1) is 13.8 Å². The third-order valence-electron chi connectivity index (χ3n) is 5.35. The predicted molar refractivity (Wildman–Crippen MR) is 134 cm³/mol. The molecule has 1 aromatic heterocycles. The fraction of sp³-hybridized carbons (Fsp3) is 0.478. The molecule has 3 N–H and O–H groups in total. The molecular weight excluding hydrogens is 507 g/mol. The number of guanidine groups is 1. The maximum atomic E-state index is 12.8. The van der Waals surface area contributed by atoms with Crippen molar-refractivity contribution in [2.75, 3.05) is 31.1 Å². The van der Waals surface area contributed by atoms with Crippen molar-refractivity contribution >= 4 is 41.5 Å². The number of hydrogen-bond acceptors (Lipinski definition) is 4. The molecule has 1 aromatic carbocycles. The summed E-state index contributed by atoms with van der Waals surface area (Å²) in [6, 6.07) is 9.88. The molecule has 2 aromatic rings. The molecular formula is C23H33IN4O3. The second-order valence-electron chi connectivity index (χ2n) is 7.93. The van der Waals surface area contributed by atoms with Crippen LogP contribution in [-0.4, -0.2) is 43.2 Å². The average Bonchev–Trinajstić information content (AvgIpc) is 3.08. The topological polar surface area (TPSA) is 90.1 Å². The Morgan fingerprint density at radius 1 is 1.29 bits per heavy atom. The molecule has 0 saturated carbocycles. The highest BCUT2D eigenvalue weighted by Crippen LogP contribution is 2.27. The molecule has 2 heterocycles. The summed E-state index contributed by atoms with van der Waals surface area (Å²) in [5, 5.41) is 17.2. The minimum absolute atomic E-state index is 0. The number of anilines is 1. The van der Waals surface area contributed by atoms with Crippen molar-refractivity contribution in [2.24, 2.45) is 4.99 Å². The van der Waals surface area contributed by atoms with Gasteiger partial charge in [0.25, 0.3) is 0 Å². The van der Waals surface area contributed by atoms with Crippen molar-refractivity contribution in [3.05, 3.63) is 53.0 Å². The van der Waals surface area contributed by atoms with Crippen LogP contribution >= 0.6 is 24.0 Å². The molecule has 1 aliphatic rings. The Morgan fingerprint density at radius 2 is 2.03 bits per heavy atom. The van der Waals surface area contributed by atoms with Crippen LogP contribution in [0.1, 0.15) is 42.9 Å². The maximum absolute atomic E-state index is 12.8. The van der Waals surface area contributed by atoms with Gasteiger partial charge >= 0.3 is 0 Å². The molecule has 0 spiro atoms. The lowest BCUT2D eigenvalue weighted by Gasteiger charge is -2.29. The number of aryl methyl sites for hydroxylation is 3. The van der Waals surface area contributed by atoms with E-state index in [1.54, 1.807) is 6.92 Å². The van der Waals surface area contributed by atoms with Gasteiger partial charge in [0.1, 0.15) is 23.7 Å². The summed E-state index contributed by atoms with van der Waals surface area (Å²) in [7, 11) is 0. The van der Waals surface area contributed by atoms with Crippen molar-refractivity contribution < 1.29 is 14.3 Å². The van der Waals surface area contributed by atoms with Crippen LogP contribution in [0.25, 0.3) is 0 Å². The van der Waals surface area contributed by atoms with Crippen LogP contribution in [-0.2, 0) is 16.8 Å². The summed E-state index contributed by atoms with van der Waals surface area (Å²) in [5.41, 5.74) is 1.79. The maximum Gasteiger partial charge on any atom is 0.248 e. The molecule has 3 rings (SSSR count). The molecule has 8 heteroatoms. The number of carbonyl (C=O) groups is 1. The van der Waals surface area contributed by atoms with Gasteiger partial charge in [0, 0.05) is 24.3 Å². The van der Waals surface area contributed by atoms with Gasteiger partial charge in [-0.25, -0.2) is 4.99 Å². The fourth-order valence-corrected chi connectivity index (χ4v) is 3.88. The van der Waals surface area contributed by atoms with Crippen LogP contribution in [0.3, 0.4) is 0 Å². The number of nitrogens with one attached hydrogen (secondary N) is 2. The van der Waals surface area contributed by atoms with Crippen molar-refractivity contribution in [1.29, 1.82) is 0 Å². The van der Waals surface area contributed by atoms with Gasteiger partial charge in [0.05, 0.1) is 6.54 Å². The third-order valence-corrected chi connectivity index (χ3v) is 5.35. The number of hydrogen-bond donors (Lipinski definition) is 3. The fourth-order valence-electron chi connectivity index (χ4n) is 3.88. The van der Waals surface area contributed by atoms with E-state index in [-0.39, 0.29) is 43.0 Å². The average molecular weight is 540 g/mol. The van der Waals surface area contributed by atoms with Gasteiger partial charge < -0.3 is 25.1 Å². The Labute approximate surface area is 201 Å². The second-order valence-corrected chi connectivity index (χ2v) is 7.93. The molecule has 0 fully saturated rings. The number of carbonyl (C=O) groups excluding carboxylic acids is 1. The summed E-state index contributed by atoms with van der Waals surface area (Å²) in [6.07, 6.45) is 1.95. The van der Waals surface area contributed by atoms with Gasteiger partial charge in [-0.1, -0.05) is 18.2 Å². The van der Waals surface area contributed by atoms with E-state index in [2.05, 4.69) is 21.7 Å². The lowest BCUT2D eigenvalue weighted by Crippen LogP contribution is -2.45. The van der Waals surface area contributed by atoms with Crippen molar-refractivity contribution in [1.82, 2.24) is 10.6 Å². The normalized spacial score (nSPS) is 15.5. The zero-order chi connectivity index (χ0) is 21.7. The first-order valence-corrected chi connectivity index (χ1v) is 10.5. The summed E-state index contributed by atoms with van der Waals surface area (Å²) in [5.74, 6) is 1.91. The van der Waals surface area contributed by atoms with E-state index in [4.69, 9.17) is 4.42 Å². The summed E-state index contributed by atoms with van der Waals surface area (Å²) in [4.78, 5) is 19.1. The molecule has 0 saturated heterocycles. The molecule has 31 heavy (non-hydrogen) atoms. The first-order chi connectivity index (χ1) is 14.3. The molecule has 1 amide bonds. The highest BCUT2D eigenvalue weighted by Gasteiger charge is 2.28. The number of para-hydroxylation sites is 1. The molecule has 0 bridgehead atoms. The highest BCUT2D eigenvalue weighted by molar-refractivity contribution is 14.0. The number of halogens is 1. The summed E-state index contributed by atoms with van der Waals surface area (Å²) in [6.45, 7) is 9.02. The van der Waals surface area contributed by atoms with E-state index in [1.165, 1.54) is 5.56 Å². The molecule has 7 nitrogen and oxygen atoms in total. The van der Waals surface area contributed by atoms with Crippen LogP contribution in [0.4, 0.5) is 5.69 Å². The minimum Gasteiger partial charge on any atom is -0.466 e. The Bertz CT molecular complexity index is 923. The van der Waals surface area contributed by atoms with E-state index < -0.39 is 5.60 Å². The van der Waals surface area contributed by atoms with E-state index in [1.807, 2.05) is 49.9 Å². The Balaban J connectivity index is 0.00000341. The smallest absolute Gasteiger partial charge is 0.248 e. The number of nitrogens with zero attached hydrogens (tertiary/aromatic N) is 2. The lowest BCUT2D eigenvalue weighted by atomic mass is 9.96. The zero-order valence-corrected chi connectivity index (χ0v) is 21.0. The van der Waals surface area contributed by atoms with Crippen molar-refractivity contribution in [3.8, 4) is 0 Å². The lowest BCUT2D eigenvalue weighted by molar-refractivity contribution is -0.117. The number of amides is 1. The standard InChI is InChI=1S/C23H32N4O3.HI/c1-5-24-22(26-15-23(4,29)19-13-16(2)30-17(19)3)25-14-21(28)27-12-8-10-18-9-6-7-11-20(18)27;/h6-7,9,11,13,29H,5,8,10,12,14-15H2,1-4H3,(H2,24,25,26);1H. The molecule has 0 aliphatic carbocycles. The van der Waals surface area contributed by atoms with E-state index in [0.29, 0.717) is 24.8 Å². The van der Waals surface area contributed by atoms with Gasteiger partial charge in [-0.3, -0.25) is 4.79 Å². The molecule has 0 radical (unpaired) electrons. The van der Waals surface area contributed by atoms with Crippen LogP contribution in [0.5, 0.6) is 0 Å². The molecule has 1 aliphatic heterocycles. The first-order valence-electron chi connectivity index (χ1n) is 10.5. The van der Waals surface area contributed by atoms with Crippen molar-refractivity contribution in [3.63, 3.8) is 0 Å². The largest absolute Gasteiger partial charge is 0.466 e. The van der Waals surface area contributed by atoms with Crippen LogP contribution < -0.4 is 15.5 Å². The zero-order valence-electron chi connectivity index (χ0n) is 18.7. The van der Waals surface area contributed by atoms with Gasteiger partial charge in [0.15, 0.2) is 5.96 Å². The SMILES string of the molecule is CCNC(=NCC(=O)N1CCCc2ccccc21)NCC(C)(O)c1cc(C)oc1C.I. The van der Waals surface area contributed by atoms with Gasteiger partial charge in [-0.15, -0.1) is 24.0 Å². The quantitative estimate of drug-likeness (QED) is 0.298. The predicted octanol–water partition coefficient (Wildman–Crippen LogP) is 3.26. The van der Waals surface area contributed by atoms with E-state index in [9.17, 15) is 9.90 Å². The molecule has 1 unspecified atom stereocenters. The van der Waals surface area contributed by atoms with Crippen LogP contribution in [0.2, 0.25) is 0 Å². The van der Waals surface area contributed by atoms with Gasteiger partial charge in [-0.05, 0) is 58.2 Å².